The highest BCUT2D eigenvalue weighted by atomic mass is 16.5. The van der Waals surface area contributed by atoms with Gasteiger partial charge in [0.2, 0.25) is 5.91 Å². The molecular formula is C21H34N4O3. The normalized spacial score (nSPS) is 14.6. The van der Waals surface area contributed by atoms with Gasteiger partial charge in [0.15, 0.2) is 17.5 Å². The average molecular weight is 391 g/mol. The number of carbonyl (C=O) groups is 1. The lowest BCUT2D eigenvalue weighted by atomic mass is 10.1. The fourth-order valence-electron chi connectivity index (χ4n) is 3.17. The first-order chi connectivity index (χ1) is 13.5. The number of guanidine groups is 1. The highest BCUT2D eigenvalue weighted by molar-refractivity contribution is 5.81. The summed E-state index contributed by atoms with van der Waals surface area (Å²) in [4.78, 5) is 18.0. The van der Waals surface area contributed by atoms with Gasteiger partial charge >= 0.3 is 0 Å². The molecular weight excluding hydrogens is 356 g/mol. The number of benzene rings is 1. The van der Waals surface area contributed by atoms with Gasteiger partial charge in [-0.1, -0.05) is 12.1 Å². The van der Waals surface area contributed by atoms with Crippen molar-refractivity contribution >= 4 is 11.9 Å². The molecule has 1 aromatic rings. The zero-order valence-electron chi connectivity index (χ0n) is 17.6. The molecule has 1 aliphatic carbocycles. The van der Waals surface area contributed by atoms with Gasteiger partial charge in [-0.05, 0) is 38.7 Å². The van der Waals surface area contributed by atoms with Gasteiger partial charge in [0.25, 0.3) is 0 Å². The summed E-state index contributed by atoms with van der Waals surface area (Å²) in [7, 11) is 5.18. The second-order valence-corrected chi connectivity index (χ2v) is 7.13. The Labute approximate surface area is 168 Å². The predicted octanol–water partition coefficient (Wildman–Crippen LogP) is 2.55. The van der Waals surface area contributed by atoms with Gasteiger partial charge in [0.1, 0.15) is 0 Å². The molecule has 0 bridgehead atoms. The molecule has 0 radical (unpaired) electrons. The summed E-state index contributed by atoms with van der Waals surface area (Å²) in [6.07, 6.45) is 5.28. The number of para-hydroxylation sites is 1. The summed E-state index contributed by atoms with van der Waals surface area (Å²) in [5.74, 6) is 2.31. The molecule has 0 spiro atoms. The molecule has 1 saturated carbocycles. The van der Waals surface area contributed by atoms with Gasteiger partial charge in [0.05, 0.1) is 19.8 Å². The smallest absolute Gasteiger partial charge is 0.223 e. The molecule has 7 heteroatoms. The molecule has 1 fully saturated rings. The van der Waals surface area contributed by atoms with Crippen molar-refractivity contribution < 1.29 is 14.3 Å². The lowest BCUT2D eigenvalue weighted by Gasteiger charge is -2.19. The van der Waals surface area contributed by atoms with Crippen molar-refractivity contribution in [3.8, 4) is 11.5 Å². The number of amides is 1. The molecule has 28 heavy (non-hydrogen) atoms. The molecule has 7 nitrogen and oxygen atoms in total. The molecule has 2 N–H and O–H groups in total. The molecule has 2 rings (SSSR count). The number of carbonyl (C=O) groups excluding carboxylic acids is 1. The largest absolute Gasteiger partial charge is 0.493 e. The first kappa shape index (κ1) is 21.9. The van der Waals surface area contributed by atoms with E-state index >= 15 is 0 Å². The van der Waals surface area contributed by atoms with Crippen LogP contribution in [0.2, 0.25) is 0 Å². The Kier molecular flexibility index (Phi) is 8.91. The lowest BCUT2D eigenvalue weighted by Crippen LogP contribution is -2.39. The second-order valence-electron chi connectivity index (χ2n) is 7.13. The highest BCUT2D eigenvalue weighted by Gasteiger charge is 2.20. The molecule has 1 amide bonds. The number of aliphatic imine (C=N–C) groups is 1. The maximum Gasteiger partial charge on any atom is 0.223 e. The van der Waals surface area contributed by atoms with Crippen LogP contribution in [0.25, 0.3) is 0 Å². The number of hydrogen-bond donors (Lipinski definition) is 2. The van der Waals surface area contributed by atoms with Crippen molar-refractivity contribution in [1.82, 2.24) is 15.5 Å². The van der Waals surface area contributed by atoms with Crippen molar-refractivity contribution in [2.45, 2.75) is 51.7 Å². The Morgan fingerprint density at radius 3 is 2.64 bits per heavy atom. The van der Waals surface area contributed by atoms with Crippen molar-refractivity contribution in [2.24, 2.45) is 4.99 Å². The molecule has 156 valence electrons. The Bertz CT molecular complexity index is 655. The van der Waals surface area contributed by atoms with Crippen LogP contribution >= 0.6 is 0 Å². The highest BCUT2D eigenvalue weighted by Crippen LogP contribution is 2.35. The van der Waals surface area contributed by atoms with Gasteiger partial charge in [-0.25, -0.2) is 4.99 Å². The van der Waals surface area contributed by atoms with Gasteiger partial charge < -0.3 is 25.0 Å². The third kappa shape index (κ3) is 6.62. The molecule has 0 atom stereocenters. The number of ether oxygens (including phenoxy) is 2. The Balaban J connectivity index is 2.06. The Morgan fingerprint density at radius 2 is 2.00 bits per heavy atom. The van der Waals surface area contributed by atoms with Crippen LogP contribution in [-0.2, 0) is 11.3 Å². The number of nitrogens with one attached hydrogen (secondary N) is 2. The van der Waals surface area contributed by atoms with E-state index in [2.05, 4.69) is 15.6 Å². The van der Waals surface area contributed by atoms with E-state index in [1.807, 2.05) is 25.1 Å². The summed E-state index contributed by atoms with van der Waals surface area (Å²) >= 11 is 0. The fourth-order valence-corrected chi connectivity index (χ4v) is 3.17. The van der Waals surface area contributed by atoms with Crippen LogP contribution in [0, 0.1) is 0 Å². The third-order valence-corrected chi connectivity index (χ3v) is 4.75. The Hall–Kier alpha value is -2.44. The van der Waals surface area contributed by atoms with E-state index in [0.29, 0.717) is 25.5 Å². The second kappa shape index (κ2) is 11.4. The molecule has 0 heterocycles. The summed E-state index contributed by atoms with van der Waals surface area (Å²) in [6, 6.07) is 5.91. The van der Waals surface area contributed by atoms with E-state index in [0.717, 1.165) is 36.4 Å². The summed E-state index contributed by atoms with van der Waals surface area (Å²) in [5, 5.41) is 6.44. The summed E-state index contributed by atoms with van der Waals surface area (Å²) in [5.41, 5.74) is 0.993. The standard InChI is InChI=1S/C21H34N4O3/c1-5-22-21(23-14-13-19(26)25(2)3)24-15-16-9-8-12-18(27-4)20(16)28-17-10-6-7-11-17/h8-9,12,17H,5-7,10-11,13-15H2,1-4H3,(H2,22,23,24). The maximum atomic E-state index is 11.7. The first-order valence-electron chi connectivity index (χ1n) is 10.1. The topological polar surface area (TPSA) is 75.2 Å². The molecule has 0 aliphatic heterocycles. The minimum absolute atomic E-state index is 0.0865. The Morgan fingerprint density at radius 1 is 1.25 bits per heavy atom. The fraction of sp³-hybridized carbons (Fsp3) is 0.619. The van der Waals surface area contributed by atoms with Crippen molar-refractivity contribution in [2.75, 3.05) is 34.3 Å². The third-order valence-electron chi connectivity index (χ3n) is 4.75. The monoisotopic (exact) mass is 390 g/mol. The average Bonchev–Trinajstić information content (AvgIpc) is 3.19. The quantitative estimate of drug-likeness (QED) is 0.501. The molecule has 0 saturated heterocycles. The van der Waals surface area contributed by atoms with Crippen LogP contribution in [0.4, 0.5) is 0 Å². The van der Waals surface area contributed by atoms with Gasteiger partial charge in [-0.3, -0.25) is 4.79 Å². The van der Waals surface area contributed by atoms with E-state index < -0.39 is 0 Å². The van der Waals surface area contributed by atoms with Crippen LogP contribution in [0.1, 0.15) is 44.6 Å². The van der Waals surface area contributed by atoms with Crippen LogP contribution in [0.15, 0.2) is 23.2 Å². The lowest BCUT2D eigenvalue weighted by molar-refractivity contribution is -0.128. The van der Waals surface area contributed by atoms with Crippen molar-refractivity contribution in [3.63, 3.8) is 0 Å². The molecule has 1 aromatic carbocycles. The molecule has 0 aromatic heterocycles. The van der Waals surface area contributed by atoms with Gasteiger partial charge in [-0.15, -0.1) is 0 Å². The van der Waals surface area contributed by atoms with E-state index in [-0.39, 0.29) is 12.0 Å². The molecule has 0 unspecified atom stereocenters. The van der Waals surface area contributed by atoms with Crippen LogP contribution in [-0.4, -0.2) is 57.2 Å². The number of nitrogens with zero attached hydrogens (tertiary/aromatic N) is 2. The minimum atomic E-state index is 0.0865. The van der Waals surface area contributed by atoms with E-state index in [1.165, 1.54) is 12.8 Å². The SMILES string of the molecule is CCNC(=NCc1cccc(OC)c1OC1CCCC1)NCCC(=O)N(C)C. The zero-order valence-corrected chi connectivity index (χ0v) is 17.6. The van der Waals surface area contributed by atoms with Crippen LogP contribution in [0.5, 0.6) is 11.5 Å². The van der Waals surface area contributed by atoms with Crippen LogP contribution < -0.4 is 20.1 Å². The summed E-state index contributed by atoms with van der Waals surface area (Å²) < 4.78 is 11.8. The maximum absolute atomic E-state index is 11.7. The van der Waals surface area contributed by atoms with E-state index in [9.17, 15) is 4.79 Å². The number of rotatable bonds is 9. The zero-order chi connectivity index (χ0) is 20.4. The van der Waals surface area contributed by atoms with E-state index in [4.69, 9.17) is 9.47 Å². The number of methoxy groups -OCH3 is 1. The summed E-state index contributed by atoms with van der Waals surface area (Å²) in [6.45, 7) is 3.77. The van der Waals surface area contributed by atoms with Gasteiger partial charge in [0, 0.05) is 39.2 Å². The van der Waals surface area contributed by atoms with Crippen molar-refractivity contribution in [1.29, 1.82) is 0 Å². The minimum Gasteiger partial charge on any atom is -0.493 e. The van der Waals surface area contributed by atoms with E-state index in [1.54, 1.807) is 26.1 Å². The predicted molar refractivity (Wildman–Crippen MR) is 112 cm³/mol. The first-order valence-corrected chi connectivity index (χ1v) is 10.1. The van der Waals surface area contributed by atoms with Gasteiger partial charge in [-0.2, -0.15) is 0 Å². The number of hydrogen-bond acceptors (Lipinski definition) is 4. The molecule has 1 aliphatic rings. The van der Waals surface area contributed by atoms with Crippen LogP contribution in [0.3, 0.4) is 0 Å². The van der Waals surface area contributed by atoms with Crippen molar-refractivity contribution in [3.05, 3.63) is 23.8 Å².